The number of rotatable bonds is 4. The molecule has 3 nitrogen and oxygen atoms in total. The van der Waals surface area contributed by atoms with Gasteiger partial charge in [-0.3, -0.25) is 0 Å². The fraction of sp³-hybridized carbons (Fsp3) is 0.462. The van der Waals surface area contributed by atoms with Crippen LogP contribution in [0.15, 0.2) is 16.6 Å². The third-order valence-corrected chi connectivity index (χ3v) is 5.58. The summed E-state index contributed by atoms with van der Waals surface area (Å²) in [5.41, 5.74) is 0.273. The number of anilines is 1. The van der Waals surface area contributed by atoms with Crippen LogP contribution >= 0.6 is 27.7 Å². The first-order valence-electron chi connectivity index (χ1n) is 6.02. The Bertz CT molecular complexity index is 504. The molecule has 1 aliphatic heterocycles. The second-order valence-corrected chi connectivity index (χ2v) is 7.32. The molecule has 0 aliphatic carbocycles. The fourth-order valence-electron chi connectivity index (χ4n) is 2.11. The molecule has 1 heterocycles. The highest BCUT2D eigenvalue weighted by atomic mass is 79.9. The second kappa shape index (κ2) is 5.71. The smallest absolute Gasteiger partial charge is 0.336 e. The van der Waals surface area contributed by atoms with Crippen LogP contribution in [0, 0.1) is 5.82 Å². The predicted molar refractivity (Wildman–Crippen MR) is 79.6 cm³/mol. The quantitative estimate of drug-likeness (QED) is 0.864. The lowest BCUT2D eigenvalue weighted by Gasteiger charge is -2.24. The van der Waals surface area contributed by atoms with Crippen LogP contribution in [0.1, 0.15) is 30.1 Å². The van der Waals surface area contributed by atoms with E-state index in [2.05, 4.69) is 28.2 Å². The van der Waals surface area contributed by atoms with Crippen LogP contribution in [0.4, 0.5) is 10.1 Å². The van der Waals surface area contributed by atoms with Crippen molar-refractivity contribution in [2.45, 2.75) is 24.5 Å². The molecule has 0 spiro atoms. The number of thioether (sulfide) groups is 1. The number of carboxylic acids is 1. The van der Waals surface area contributed by atoms with Gasteiger partial charge in [-0.25, -0.2) is 9.18 Å². The maximum atomic E-state index is 14.0. The minimum Gasteiger partial charge on any atom is -0.478 e. The van der Waals surface area contributed by atoms with Gasteiger partial charge < -0.3 is 10.4 Å². The molecule has 0 radical (unpaired) electrons. The van der Waals surface area contributed by atoms with Crippen LogP contribution in [-0.4, -0.2) is 28.1 Å². The summed E-state index contributed by atoms with van der Waals surface area (Å²) in [5, 5.41) is 12.0. The van der Waals surface area contributed by atoms with Crippen LogP contribution in [0.5, 0.6) is 0 Å². The Morgan fingerprint density at radius 1 is 1.63 bits per heavy atom. The van der Waals surface area contributed by atoms with Gasteiger partial charge in [0.1, 0.15) is 0 Å². The van der Waals surface area contributed by atoms with Crippen LogP contribution < -0.4 is 5.32 Å². The third kappa shape index (κ3) is 3.23. The molecule has 1 aliphatic rings. The molecule has 0 amide bonds. The highest BCUT2D eigenvalue weighted by Crippen LogP contribution is 2.38. The molecular formula is C13H15BrFNO2S. The average molecular weight is 348 g/mol. The minimum atomic E-state index is -1.14. The number of aromatic carboxylic acids is 1. The molecule has 2 rings (SSSR count). The van der Waals surface area contributed by atoms with E-state index in [0.29, 0.717) is 12.2 Å². The van der Waals surface area contributed by atoms with E-state index in [0.717, 1.165) is 12.2 Å². The van der Waals surface area contributed by atoms with Gasteiger partial charge in [0.05, 0.1) is 15.7 Å². The van der Waals surface area contributed by atoms with Crippen molar-refractivity contribution in [1.82, 2.24) is 0 Å². The molecule has 1 unspecified atom stereocenters. The van der Waals surface area contributed by atoms with Gasteiger partial charge in [-0.2, -0.15) is 11.8 Å². The van der Waals surface area contributed by atoms with E-state index < -0.39 is 11.8 Å². The van der Waals surface area contributed by atoms with Crippen molar-refractivity contribution in [3.8, 4) is 0 Å². The summed E-state index contributed by atoms with van der Waals surface area (Å²) >= 11 is 4.89. The number of carbonyl (C=O) groups is 1. The molecule has 1 aromatic carbocycles. The first-order valence-corrected chi connectivity index (χ1v) is 7.80. The standard InChI is InChI=1S/C13H15BrFNO2S/c1-13(5-2-6-19-13)7-16-9-4-3-8(12(17)18)10(14)11(9)15/h3-4,16H,2,5-7H2,1H3,(H,17,18). The van der Waals surface area contributed by atoms with Gasteiger partial charge in [0.2, 0.25) is 0 Å². The van der Waals surface area contributed by atoms with Gasteiger partial charge in [-0.1, -0.05) is 0 Å². The highest BCUT2D eigenvalue weighted by molar-refractivity contribution is 9.10. The lowest BCUT2D eigenvalue weighted by atomic mass is 10.1. The van der Waals surface area contributed by atoms with Crippen molar-refractivity contribution in [3.63, 3.8) is 0 Å². The lowest BCUT2D eigenvalue weighted by molar-refractivity contribution is 0.0695. The largest absolute Gasteiger partial charge is 0.478 e. The fourth-order valence-corrected chi connectivity index (χ4v) is 3.87. The molecule has 2 N–H and O–H groups in total. The number of carboxylic acid groups (broad SMARTS) is 1. The van der Waals surface area contributed by atoms with Crippen molar-refractivity contribution >= 4 is 39.3 Å². The summed E-state index contributed by atoms with van der Waals surface area (Å²) < 4.78 is 14.2. The zero-order valence-corrected chi connectivity index (χ0v) is 12.9. The van der Waals surface area contributed by atoms with Crippen molar-refractivity contribution in [3.05, 3.63) is 28.0 Å². The Hall–Kier alpha value is -0.750. The van der Waals surface area contributed by atoms with Gasteiger partial charge in [-0.15, -0.1) is 0 Å². The topological polar surface area (TPSA) is 49.3 Å². The maximum absolute atomic E-state index is 14.0. The zero-order chi connectivity index (χ0) is 14.0. The van der Waals surface area contributed by atoms with Gasteiger partial charge in [-0.05, 0) is 53.6 Å². The predicted octanol–water partition coefficient (Wildman–Crippen LogP) is 3.98. The van der Waals surface area contributed by atoms with Crippen molar-refractivity contribution in [1.29, 1.82) is 0 Å². The van der Waals surface area contributed by atoms with Gasteiger partial charge in [0.25, 0.3) is 0 Å². The van der Waals surface area contributed by atoms with Gasteiger partial charge >= 0.3 is 5.97 Å². The molecule has 0 aromatic heterocycles. The van der Waals surface area contributed by atoms with Crippen LogP contribution in [0.2, 0.25) is 0 Å². The van der Waals surface area contributed by atoms with Crippen molar-refractivity contribution in [2.75, 3.05) is 17.6 Å². The first-order chi connectivity index (χ1) is 8.93. The normalized spacial score (nSPS) is 22.5. The van der Waals surface area contributed by atoms with Gasteiger partial charge in [0, 0.05) is 11.3 Å². The van der Waals surface area contributed by atoms with Crippen molar-refractivity contribution < 1.29 is 14.3 Å². The highest BCUT2D eigenvalue weighted by Gasteiger charge is 2.29. The summed E-state index contributed by atoms with van der Waals surface area (Å²) in [6, 6.07) is 2.88. The Labute approximate surface area is 124 Å². The van der Waals surface area contributed by atoms with Gasteiger partial charge in [0.15, 0.2) is 5.82 Å². The number of benzene rings is 1. The molecular weight excluding hydrogens is 333 g/mol. The van der Waals surface area contributed by atoms with Crippen molar-refractivity contribution in [2.24, 2.45) is 0 Å². The van der Waals surface area contributed by atoms with E-state index >= 15 is 0 Å². The number of halogens is 2. The van der Waals surface area contributed by atoms with Crippen LogP contribution in [0.3, 0.4) is 0 Å². The SMILES string of the molecule is CC1(CNc2ccc(C(=O)O)c(Br)c2F)CCCS1. The monoisotopic (exact) mass is 347 g/mol. The summed E-state index contributed by atoms with van der Waals surface area (Å²) in [4.78, 5) is 10.9. The van der Waals surface area contributed by atoms with E-state index in [1.54, 1.807) is 0 Å². The van der Waals surface area contributed by atoms with E-state index in [4.69, 9.17) is 5.11 Å². The molecule has 1 fully saturated rings. The van der Waals surface area contributed by atoms with Crippen LogP contribution in [0.25, 0.3) is 0 Å². The second-order valence-electron chi connectivity index (χ2n) is 4.85. The van der Waals surface area contributed by atoms with E-state index in [9.17, 15) is 9.18 Å². The lowest BCUT2D eigenvalue weighted by Crippen LogP contribution is -2.27. The van der Waals surface area contributed by atoms with Crippen LogP contribution in [-0.2, 0) is 0 Å². The third-order valence-electron chi connectivity index (χ3n) is 3.27. The zero-order valence-electron chi connectivity index (χ0n) is 10.5. The van der Waals surface area contributed by atoms with E-state index in [1.165, 1.54) is 18.6 Å². The molecule has 0 saturated carbocycles. The maximum Gasteiger partial charge on any atom is 0.336 e. The number of hydrogen-bond acceptors (Lipinski definition) is 3. The first kappa shape index (κ1) is 14.7. The Kier molecular flexibility index (Phi) is 4.40. The number of nitrogens with one attached hydrogen (secondary N) is 1. The molecule has 6 heteroatoms. The summed E-state index contributed by atoms with van der Waals surface area (Å²) in [6.45, 7) is 2.84. The Morgan fingerprint density at radius 3 is 2.95 bits per heavy atom. The van der Waals surface area contributed by atoms with E-state index in [-0.39, 0.29) is 14.8 Å². The number of hydrogen-bond donors (Lipinski definition) is 2. The Balaban J connectivity index is 2.13. The summed E-state index contributed by atoms with van der Waals surface area (Å²) in [6.07, 6.45) is 2.30. The molecule has 104 valence electrons. The molecule has 19 heavy (non-hydrogen) atoms. The average Bonchev–Trinajstić information content (AvgIpc) is 2.78. The molecule has 1 aromatic rings. The van der Waals surface area contributed by atoms with E-state index in [1.807, 2.05) is 11.8 Å². The molecule has 1 atom stereocenters. The Morgan fingerprint density at radius 2 is 2.37 bits per heavy atom. The molecule has 0 bridgehead atoms. The summed E-state index contributed by atoms with van der Waals surface area (Å²) in [7, 11) is 0. The summed E-state index contributed by atoms with van der Waals surface area (Å²) in [5.74, 6) is -0.551. The minimum absolute atomic E-state index is 0.00534. The molecule has 1 saturated heterocycles.